The van der Waals surface area contributed by atoms with Crippen LogP contribution in [0.4, 0.5) is 0 Å². The summed E-state index contributed by atoms with van der Waals surface area (Å²) in [7, 11) is 1.80. The number of thiophene rings is 1. The third-order valence-corrected chi connectivity index (χ3v) is 5.29. The van der Waals surface area contributed by atoms with Gasteiger partial charge in [0.1, 0.15) is 0 Å². The number of hydrogen-bond acceptors (Lipinski definition) is 4. The fourth-order valence-electron chi connectivity index (χ4n) is 2.38. The predicted octanol–water partition coefficient (Wildman–Crippen LogP) is 3.42. The summed E-state index contributed by atoms with van der Waals surface area (Å²) in [6, 6.07) is 4.24. The van der Waals surface area contributed by atoms with E-state index in [4.69, 9.17) is 9.47 Å². The molecule has 1 aromatic rings. The molecule has 0 radical (unpaired) electrons. The van der Waals surface area contributed by atoms with Crippen molar-refractivity contribution in [3.63, 3.8) is 0 Å². The Morgan fingerprint density at radius 1 is 1.42 bits per heavy atom. The maximum atomic E-state index is 5.65. The van der Waals surface area contributed by atoms with Gasteiger partial charge in [0.15, 0.2) is 5.96 Å². The first-order chi connectivity index (χ1) is 11.3. The van der Waals surface area contributed by atoms with Gasteiger partial charge >= 0.3 is 0 Å². The maximum absolute atomic E-state index is 5.65. The Morgan fingerprint density at radius 3 is 2.92 bits per heavy atom. The van der Waals surface area contributed by atoms with Crippen molar-refractivity contribution >= 4 is 57.2 Å². The Bertz CT molecular complexity index is 482. The molecule has 8 heteroatoms. The summed E-state index contributed by atoms with van der Waals surface area (Å²) in [5, 5.41) is 6.64. The topological polar surface area (TPSA) is 54.9 Å². The number of ether oxygens (including phenoxy) is 2. The lowest BCUT2D eigenvalue weighted by Crippen LogP contribution is -2.39. The molecule has 1 aliphatic heterocycles. The quantitative estimate of drug-likeness (QED) is 0.222. The molecule has 138 valence electrons. The molecule has 2 rings (SSSR count). The highest BCUT2D eigenvalue weighted by Crippen LogP contribution is 2.21. The van der Waals surface area contributed by atoms with Crippen molar-refractivity contribution in [1.29, 1.82) is 0 Å². The zero-order valence-electron chi connectivity index (χ0n) is 14.1. The van der Waals surface area contributed by atoms with Gasteiger partial charge in [0.25, 0.3) is 0 Å². The van der Waals surface area contributed by atoms with Gasteiger partial charge < -0.3 is 20.1 Å². The molecule has 2 N–H and O–H groups in total. The fraction of sp³-hybridized carbons (Fsp3) is 0.688. The minimum Gasteiger partial charge on any atom is -0.379 e. The third kappa shape index (κ3) is 8.98. The molecule has 0 aromatic carbocycles. The Labute approximate surface area is 174 Å². The highest BCUT2D eigenvalue weighted by Gasteiger charge is 2.14. The van der Waals surface area contributed by atoms with E-state index in [-0.39, 0.29) is 24.0 Å². The normalized spacial score (nSPS) is 17.6. The molecule has 0 spiro atoms. The van der Waals surface area contributed by atoms with E-state index in [1.165, 1.54) is 15.1 Å². The Balaban J connectivity index is 0.00000288. The Morgan fingerprint density at radius 2 is 2.25 bits per heavy atom. The van der Waals surface area contributed by atoms with Gasteiger partial charge in [-0.15, -0.1) is 35.3 Å². The summed E-state index contributed by atoms with van der Waals surface area (Å²) in [6.07, 6.45) is 4.58. The van der Waals surface area contributed by atoms with Crippen molar-refractivity contribution in [3.8, 4) is 0 Å². The zero-order valence-corrected chi connectivity index (χ0v) is 18.8. The third-order valence-electron chi connectivity index (χ3n) is 3.60. The molecule has 1 aliphatic rings. The van der Waals surface area contributed by atoms with E-state index in [1.807, 2.05) is 0 Å². The molecular formula is C16H27BrIN3O2S. The van der Waals surface area contributed by atoms with Crippen molar-refractivity contribution < 1.29 is 9.47 Å². The van der Waals surface area contributed by atoms with Crippen LogP contribution in [-0.2, 0) is 15.9 Å². The summed E-state index contributed by atoms with van der Waals surface area (Å²) >= 11 is 5.26. The smallest absolute Gasteiger partial charge is 0.190 e. The van der Waals surface area contributed by atoms with Gasteiger partial charge in [-0.1, -0.05) is 0 Å². The van der Waals surface area contributed by atoms with Crippen molar-refractivity contribution in [1.82, 2.24) is 10.6 Å². The van der Waals surface area contributed by atoms with Crippen molar-refractivity contribution in [2.45, 2.75) is 31.8 Å². The van der Waals surface area contributed by atoms with E-state index < -0.39 is 0 Å². The summed E-state index contributed by atoms with van der Waals surface area (Å²) in [5.74, 6) is 0.847. The molecule has 0 aliphatic carbocycles. The predicted molar refractivity (Wildman–Crippen MR) is 115 cm³/mol. The van der Waals surface area contributed by atoms with E-state index in [2.05, 4.69) is 43.7 Å². The lowest BCUT2D eigenvalue weighted by Gasteiger charge is -2.12. The second-order valence-electron chi connectivity index (χ2n) is 5.45. The number of nitrogens with zero attached hydrogens (tertiary/aromatic N) is 1. The van der Waals surface area contributed by atoms with Gasteiger partial charge in [-0.2, -0.15) is 0 Å². The number of hydrogen-bond donors (Lipinski definition) is 2. The average Bonchev–Trinajstić information content (AvgIpc) is 3.20. The summed E-state index contributed by atoms with van der Waals surface area (Å²) in [4.78, 5) is 5.60. The van der Waals surface area contributed by atoms with Crippen LogP contribution in [0, 0.1) is 0 Å². The number of nitrogens with one attached hydrogen (secondary N) is 2. The Kier molecular flexibility index (Phi) is 12.3. The van der Waals surface area contributed by atoms with E-state index in [0.29, 0.717) is 6.10 Å². The summed E-state index contributed by atoms with van der Waals surface area (Å²) in [6.45, 7) is 4.11. The second-order valence-corrected chi connectivity index (χ2v) is 7.99. The lowest BCUT2D eigenvalue weighted by molar-refractivity contribution is 0.0168. The summed E-state index contributed by atoms with van der Waals surface area (Å²) in [5.41, 5.74) is 0. The van der Waals surface area contributed by atoms with Crippen LogP contribution in [0.5, 0.6) is 0 Å². The largest absolute Gasteiger partial charge is 0.379 e. The number of rotatable bonds is 9. The van der Waals surface area contributed by atoms with Crippen molar-refractivity contribution in [2.75, 3.05) is 40.0 Å². The maximum Gasteiger partial charge on any atom is 0.190 e. The zero-order chi connectivity index (χ0) is 16.3. The first kappa shape index (κ1) is 22.1. The molecule has 0 amide bonds. The van der Waals surface area contributed by atoms with E-state index in [0.717, 1.165) is 58.1 Å². The molecule has 2 heterocycles. The molecule has 0 bridgehead atoms. The van der Waals surface area contributed by atoms with Gasteiger partial charge in [-0.3, -0.25) is 4.99 Å². The second kappa shape index (κ2) is 13.3. The van der Waals surface area contributed by atoms with Crippen LogP contribution in [0.3, 0.4) is 0 Å². The van der Waals surface area contributed by atoms with E-state index >= 15 is 0 Å². The average molecular weight is 532 g/mol. The van der Waals surface area contributed by atoms with E-state index in [9.17, 15) is 0 Å². The minimum atomic E-state index is 0. The molecular weight excluding hydrogens is 505 g/mol. The van der Waals surface area contributed by atoms with Gasteiger partial charge in [0.2, 0.25) is 0 Å². The molecule has 1 aromatic heterocycles. The first-order valence-corrected chi connectivity index (χ1v) is 9.77. The molecule has 0 saturated carbocycles. The van der Waals surface area contributed by atoms with Crippen LogP contribution in [-0.4, -0.2) is 52.0 Å². The van der Waals surface area contributed by atoms with Crippen LogP contribution < -0.4 is 10.6 Å². The van der Waals surface area contributed by atoms with Crippen LogP contribution >= 0.6 is 51.2 Å². The van der Waals surface area contributed by atoms with Crippen molar-refractivity contribution in [3.05, 3.63) is 20.8 Å². The van der Waals surface area contributed by atoms with Crippen LogP contribution in [0.2, 0.25) is 0 Å². The lowest BCUT2D eigenvalue weighted by atomic mass is 10.2. The SMILES string of the molecule is CN=C(NCCCOCC1CCCO1)NCCc1ccc(Br)s1.I. The van der Waals surface area contributed by atoms with Gasteiger partial charge in [0, 0.05) is 38.2 Å². The van der Waals surface area contributed by atoms with Gasteiger partial charge in [-0.05, 0) is 53.7 Å². The van der Waals surface area contributed by atoms with Crippen LogP contribution in [0.15, 0.2) is 20.9 Å². The van der Waals surface area contributed by atoms with Gasteiger partial charge in [-0.25, -0.2) is 0 Å². The first-order valence-electron chi connectivity index (χ1n) is 8.16. The number of aliphatic imine (C=N–C) groups is 1. The molecule has 5 nitrogen and oxygen atoms in total. The highest BCUT2D eigenvalue weighted by atomic mass is 127. The van der Waals surface area contributed by atoms with Crippen LogP contribution in [0.1, 0.15) is 24.1 Å². The van der Waals surface area contributed by atoms with E-state index in [1.54, 1.807) is 18.4 Å². The molecule has 1 fully saturated rings. The number of guanidine groups is 1. The monoisotopic (exact) mass is 531 g/mol. The van der Waals surface area contributed by atoms with Crippen LogP contribution in [0.25, 0.3) is 0 Å². The summed E-state index contributed by atoms with van der Waals surface area (Å²) < 4.78 is 12.4. The standard InChI is InChI=1S/C16H26BrN3O2S.HI/c1-18-16(20-9-7-14-5-6-15(17)23-14)19-8-3-10-21-12-13-4-2-11-22-13;/h5-6,13H,2-4,7-12H2,1H3,(H2,18,19,20);1H. The molecule has 1 saturated heterocycles. The van der Waals surface area contributed by atoms with Gasteiger partial charge in [0.05, 0.1) is 16.5 Å². The fourth-order valence-corrected chi connectivity index (χ4v) is 3.87. The highest BCUT2D eigenvalue weighted by molar-refractivity contribution is 14.0. The Hall–Kier alpha value is 0.1000. The molecule has 24 heavy (non-hydrogen) atoms. The molecule has 1 unspecified atom stereocenters. The number of halogens is 2. The van der Waals surface area contributed by atoms with Crippen molar-refractivity contribution in [2.24, 2.45) is 4.99 Å². The minimum absolute atomic E-state index is 0. The molecule has 1 atom stereocenters.